The molecule has 0 aliphatic heterocycles. The summed E-state index contributed by atoms with van der Waals surface area (Å²) in [6.45, 7) is 3.69. The average Bonchev–Trinajstić information content (AvgIpc) is 2.73. The van der Waals surface area contributed by atoms with Crippen molar-refractivity contribution >= 4 is 5.65 Å². The summed E-state index contributed by atoms with van der Waals surface area (Å²) in [5.74, 6) is 0. The van der Waals surface area contributed by atoms with Gasteiger partial charge in [-0.2, -0.15) is 18.3 Å². The Morgan fingerprint density at radius 3 is 2.48 bits per heavy atom. The molecule has 0 atom stereocenters. The number of halogens is 3. The maximum atomic E-state index is 13.1. The lowest BCUT2D eigenvalue weighted by atomic mass is 10.0. The van der Waals surface area contributed by atoms with Crippen LogP contribution < -0.4 is 0 Å². The Labute approximate surface area is 119 Å². The number of rotatable bonds is 1. The summed E-state index contributed by atoms with van der Waals surface area (Å²) in [6.07, 6.45) is -2.78. The van der Waals surface area contributed by atoms with Crippen LogP contribution >= 0.6 is 0 Å². The minimum Gasteiger partial charge on any atom is -0.228 e. The Balaban J connectivity index is 2.24. The van der Waals surface area contributed by atoms with E-state index >= 15 is 0 Å². The molecule has 2 heterocycles. The fourth-order valence-corrected chi connectivity index (χ4v) is 2.25. The molecular formula is C15H12F3N3. The molecule has 0 N–H and O–H groups in total. The lowest BCUT2D eigenvalue weighted by Gasteiger charge is -2.12. The van der Waals surface area contributed by atoms with Gasteiger partial charge in [0.2, 0.25) is 0 Å². The van der Waals surface area contributed by atoms with Gasteiger partial charge in [-0.3, -0.25) is 0 Å². The molecule has 0 bridgehead atoms. The summed E-state index contributed by atoms with van der Waals surface area (Å²) in [6, 6.07) is 6.99. The normalized spacial score (nSPS) is 12.0. The van der Waals surface area contributed by atoms with Gasteiger partial charge < -0.3 is 0 Å². The molecule has 0 saturated heterocycles. The van der Waals surface area contributed by atoms with E-state index in [-0.39, 0.29) is 5.56 Å². The largest absolute Gasteiger partial charge is 0.417 e. The summed E-state index contributed by atoms with van der Waals surface area (Å²) in [5, 5.41) is 4.25. The van der Waals surface area contributed by atoms with E-state index in [0.29, 0.717) is 11.3 Å². The Kier molecular flexibility index (Phi) is 2.97. The first-order chi connectivity index (χ1) is 9.88. The van der Waals surface area contributed by atoms with Gasteiger partial charge in [0.1, 0.15) is 0 Å². The number of hydrogen-bond donors (Lipinski definition) is 0. The van der Waals surface area contributed by atoms with E-state index in [4.69, 9.17) is 0 Å². The molecule has 108 valence electrons. The first kappa shape index (κ1) is 13.6. The van der Waals surface area contributed by atoms with Crippen LogP contribution in [0.15, 0.2) is 36.5 Å². The van der Waals surface area contributed by atoms with Crippen molar-refractivity contribution in [3.05, 3.63) is 53.3 Å². The quantitative estimate of drug-likeness (QED) is 0.677. The second-order valence-corrected chi connectivity index (χ2v) is 4.83. The predicted octanol–water partition coefficient (Wildman–Crippen LogP) is 4.03. The minimum atomic E-state index is -4.41. The molecule has 2 aromatic heterocycles. The highest BCUT2D eigenvalue weighted by Crippen LogP contribution is 2.36. The number of alkyl halides is 3. The van der Waals surface area contributed by atoms with Gasteiger partial charge in [0.05, 0.1) is 17.0 Å². The summed E-state index contributed by atoms with van der Waals surface area (Å²) in [7, 11) is 0. The molecule has 1 aromatic carbocycles. The topological polar surface area (TPSA) is 30.2 Å². The predicted molar refractivity (Wildman–Crippen MR) is 72.9 cm³/mol. The molecule has 0 saturated carbocycles. The Morgan fingerprint density at radius 1 is 1.05 bits per heavy atom. The molecule has 0 aliphatic rings. The molecule has 3 aromatic rings. The third-order valence-electron chi connectivity index (χ3n) is 3.46. The monoisotopic (exact) mass is 291 g/mol. The van der Waals surface area contributed by atoms with Crippen LogP contribution in [0.2, 0.25) is 0 Å². The van der Waals surface area contributed by atoms with Crippen molar-refractivity contribution in [2.75, 3.05) is 0 Å². The number of aromatic nitrogens is 3. The highest BCUT2D eigenvalue weighted by Gasteiger charge is 2.33. The first-order valence-electron chi connectivity index (χ1n) is 6.37. The van der Waals surface area contributed by atoms with Crippen LogP contribution in [-0.4, -0.2) is 14.6 Å². The van der Waals surface area contributed by atoms with Crippen LogP contribution in [0.3, 0.4) is 0 Å². The van der Waals surface area contributed by atoms with Crippen molar-refractivity contribution < 1.29 is 13.2 Å². The summed E-state index contributed by atoms with van der Waals surface area (Å²) < 4.78 is 40.8. The molecule has 21 heavy (non-hydrogen) atoms. The molecule has 0 spiro atoms. The smallest absolute Gasteiger partial charge is 0.228 e. The second kappa shape index (κ2) is 4.58. The fourth-order valence-electron chi connectivity index (χ4n) is 2.25. The van der Waals surface area contributed by atoms with Gasteiger partial charge in [-0.05, 0) is 26.0 Å². The number of hydrogen-bond acceptors (Lipinski definition) is 2. The lowest BCUT2D eigenvalue weighted by molar-refractivity contribution is -0.137. The first-order valence-corrected chi connectivity index (χ1v) is 6.37. The standard InChI is InChI=1S/C15H12F3N3/c1-9-10(2)20-21-8-7-13(19-14(9)21)11-5-3-4-6-12(11)15(16,17)18/h3-8H,1-2H3. The second-order valence-electron chi connectivity index (χ2n) is 4.83. The average molecular weight is 291 g/mol. The highest BCUT2D eigenvalue weighted by atomic mass is 19.4. The van der Waals surface area contributed by atoms with Crippen LogP contribution in [0.4, 0.5) is 13.2 Å². The van der Waals surface area contributed by atoms with Crippen molar-refractivity contribution in [3.63, 3.8) is 0 Å². The zero-order chi connectivity index (χ0) is 15.2. The third kappa shape index (κ3) is 2.26. The Bertz CT molecular complexity index is 819. The van der Waals surface area contributed by atoms with Gasteiger partial charge in [0, 0.05) is 17.3 Å². The third-order valence-corrected chi connectivity index (χ3v) is 3.46. The van der Waals surface area contributed by atoms with E-state index in [1.807, 2.05) is 13.8 Å². The van der Waals surface area contributed by atoms with E-state index in [0.717, 1.165) is 17.3 Å². The molecular weight excluding hydrogens is 279 g/mol. The summed E-state index contributed by atoms with van der Waals surface area (Å²) in [5.41, 5.74) is 1.92. The van der Waals surface area contributed by atoms with Gasteiger partial charge in [0.15, 0.2) is 5.65 Å². The van der Waals surface area contributed by atoms with Crippen LogP contribution in [0, 0.1) is 13.8 Å². The zero-order valence-corrected chi connectivity index (χ0v) is 11.4. The summed E-state index contributed by atoms with van der Waals surface area (Å²) in [4.78, 5) is 4.34. The van der Waals surface area contributed by atoms with Crippen LogP contribution in [0.5, 0.6) is 0 Å². The van der Waals surface area contributed by atoms with Crippen molar-refractivity contribution in [2.45, 2.75) is 20.0 Å². The lowest BCUT2D eigenvalue weighted by Crippen LogP contribution is -2.07. The van der Waals surface area contributed by atoms with Gasteiger partial charge in [0.25, 0.3) is 0 Å². The number of fused-ring (bicyclic) bond motifs is 1. The maximum Gasteiger partial charge on any atom is 0.417 e. The molecule has 0 radical (unpaired) electrons. The summed E-state index contributed by atoms with van der Waals surface area (Å²) >= 11 is 0. The van der Waals surface area contributed by atoms with E-state index in [2.05, 4.69) is 10.1 Å². The van der Waals surface area contributed by atoms with Crippen LogP contribution in [0.25, 0.3) is 16.9 Å². The molecule has 0 unspecified atom stereocenters. The van der Waals surface area contributed by atoms with Gasteiger partial charge in [-0.15, -0.1) is 0 Å². The number of aryl methyl sites for hydroxylation is 2. The highest BCUT2D eigenvalue weighted by molar-refractivity contribution is 5.67. The Morgan fingerprint density at radius 2 is 1.76 bits per heavy atom. The molecule has 3 nitrogen and oxygen atoms in total. The van der Waals surface area contributed by atoms with Crippen LogP contribution in [-0.2, 0) is 6.18 Å². The van der Waals surface area contributed by atoms with E-state index < -0.39 is 11.7 Å². The SMILES string of the molecule is Cc1nn2ccc(-c3ccccc3C(F)(F)F)nc2c1C. The van der Waals surface area contributed by atoms with E-state index in [9.17, 15) is 13.2 Å². The van der Waals surface area contributed by atoms with Gasteiger partial charge >= 0.3 is 6.18 Å². The van der Waals surface area contributed by atoms with Crippen molar-refractivity contribution in [3.8, 4) is 11.3 Å². The maximum absolute atomic E-state index is 13.1. The van der Waals surface area contributed by atoms with Gasteiger partial charge in [-0.25, -0.2) is 9.50 Å². The van der Waals surface area contributed by atoms with E-state index in [1.54, 1.807) is 22.8 Å². The zero-order valence-electron chi connectivity index (χ0n) is 11.4. The van der Waals surface area contributed by atoms with Crippen molar-refractivity contribution in [2.24, 2.45) is 0 Å². The molecule has 0 fully saturated rings. The number of nitrogens with zero attached hydrogens (tertiary/aromatic N) is 3. The molecule has 6 heteroatoms. The minimum absolute atomic E-state index is 0.0748. The number of benzene rings is 1. The molecule has 3 rings (SSSR count). The molecule has 0 aliphatic carbocycles. The van der Waals surface area contributed by atoms with Crippen LogP contribution in [0.1, 0.15) is 16.8 Å². The van der Waals surface area contributed by atoms with Crippen molar-refractivity contribution in [1.82, 2.24) is 14.6 Å². The van der Waals surface area contributed by atoms with E-state index in [1.165, 1.54) is 12.1 Å². The molecule has 0 amide bonds. The van der Waals surface area contributed by atoms with Crippen molar-refractivity contribution in [1.29, 1.82) is 0 Å². The van der Waals surface area contributed by atoms with Gasteiger partial charge in [-0.1, -0.05) is 18.2 Å². The fraction of sp³-hybridized carbons (Fsp3) is 0.200. The Hall–Kier alpha value is -2.37.